The van der Waals surface area contributed by atoms with E-state index in [4.69, 9.17) is 4.74 Å². The molecule has 0 spiro atoms. The van der Waals surface area contributed by atoms with Crippen LogP contribution in [0.1, 0.15) is 26.3 Å². The molecule has 0 fully saturated rings. The van der Waals surface area contributed by atoms with E-state index in [1.807, 2.05) is 44.2 Å². The summed E-state index contributed by atoms with van der Waals surface area (Å²) in [5.74, 6) is -1.17. The van der Waals surface area contributed by atoms with E-state index in [9.17, 15) is 10.1 Å². The highest BCUT2D eigenvalue weighted by molar-refractivity contribution is 5.76. The number of nitrogens with zero attached hydrogens (tertiary/aromatic N) is 1. The molecule has 3 nitrogen and oxygen atoms in total. The minimum Gasteiger partial charge on any atom is -0.465 e. The monoisotopic (exact) mass is 245 g/mol. The Bertz CT molecular complexity index is 432. The molecule has 0 bridgehead atoms. The Morgan fingerprint density at radius 3 is 2.50 bits per heavy atom. The van der Waals surface area contributed by atoms with Crippen molar-refractivity contribution in [3.63, 3.8) is 0 Å². The van der Waals surface area contributed by atoms with Gasteiger partial charge in [0.15, 0.2) is 0 Å². The van der Waals surface area contributed by atoms with Crippen LogP contribution >= 0.6 is 0 Å². The average Bonchev–Trinajstić information content (AvgIpc) is 2.30. The van der Waals surface area contributed by atoms with Crippen LogP contribution in [0, 0.1) is 22.7 Å². The predicted octanol–water partition coefficient (Wildman–Crippen LogP) is 2.96. The van der Waals surface area contributed by atoms with E-state index in [0.29, 0.717) is 13.0 Å². The Morgan fingerprint density at radius 2 is 2.00 bits per heavy atom. The molecule has 1 aromatic rings. The third-order valence-electron chi connectivity index (χ3n) is 2.94. The molecule has 0 aliphatic carbocycles. The van der Waals surface area contributed by atoms with Crippen molar-refractivity contribution < 1.29 is 9.53 Å². The van der Waals surface area contributed by atoms with Crippen molar-refractivity contribution in [1.82, 2.24) is 0 Å². The number of nitriles is 1. The first-order valence-electron chi connectivity index (χ1n) is 6.11. The molecule has 0 saturated heterocycles. The topological polar surface area (TPSA) is 50.1 Å². The fourth-order valence-electron chi connectivity index (χ4n) is 2.00. The summed E-state index contributed by atoms with van der Waals surface area (Å²) in [4.78, 5) is 11.8. The van der Waals surface area contributed by atoms with Gasteiger partial charge in [-0.2, -0.15) is 5.26 Å². The number of ether oxygens (including phenoxy) is 1. The summed E-state index contributed by atoms with van der Waals surface area (Å²) in [5.41, 5.74) is 0.676. The largest absolute Gasteiger partial charge is 0.465 e. The van der Waals surface area contributed by atoms with Gasteiger partial charge in [0, 0.05) is 0 Å². The number of carbonyl (C=O) groups is 1. The minimum atomic E-state index is -0.738. The second kappa shape index (κ2) is 6.20. The lowest BCUT2D eigenvalue weighted by molar-refractivity contribution is -0.149. The van der Waals surface area contributed by atoms with Crippen LogP contribution in [-0.2, 0) is 16.0 Å². The molecule has 0 amide bonds. The van der Waals surface area contributed by atoms with Gasteiger partial charge < -0.3 is 4.74 Å². The molecule has 0 radical (unpaired) electrons. The van der Waals surface area contributed by atoms with E-state index in [1.165, 1.54) is 0 Å². The predicted molar refractivity (Wildman–Crippen MR) is 69.7 cm³/mol. The highest BCUT2D eigenvalue weighted by Crippen LogP contribution is 2.31. The second-order valence-corrected chi connectivity index (χ2v) is 4.97. The lowest BCUT2D eigenvalue weighted by atomic mass is 9.75. The molecule has 0 aliphatic rings. The van der Waals surface area contributed by atoms with E-state index in [1.54, 1.807) is 6.92 Å². The Kier molecular flexibility index (Phi) is 4.91. The molecule has 0 heterocycles. The van der Waals surface area contributed by atoms with Gasteiger partial charge in [-0.1, -0.05) is 44.2 Å². The lowest BCUT2D eigenvalue weighted by Gasteiger charge is -2.28. The first-order chi connectivity index (χ1) is 8.51. The summed E-state index contributed by atoms with van der Waals surface area (Å²) in [6.07, 6.45) is 0.672. The Balaban J connectivity index is 2.84. The quantitative estimate of drug-likeness (QED) is 0.749. The lowest BCUT2D eigenvalue weighted by Crippen LogP contribution is -2.33. The van der Waals surface area contributed by atoms with Crippen molar-refractivity contribution in [2.45, 2.75) is 27.2 Å². The van der Waals surface area contributed by atoms with E-state index < -0.39 is 17.3 Å². The van der Waals surface area contributed by atoms with E-state index in [0.717, 1.165) is 5.56 Å². The van der Waals surface area contributed by atoms with Gasteiger partial charge in [0.05, 0.1) is 12.7 Å². The Labute approximate surface area is 108 Å². The molecular formula is C15H19NO2. The van der Waals surface area contributed by atoms with Crippen LogP contribution in [0.5, 0.6) is 0 Å². The SMILES string of the molecule is CCOC(=O)[C@H](C#N)C(C)(C)Cc1ccccc1. The number of rotatable bonds is 5. The van der Waals surface area contributed by atoms with Crippen LogP contribution < -0.4 is 0 Å². The normalized spacial score (nSPS) is 12.6. The number of esters is 1. The van der Waals surface area contributed by atoms with Gasteiger partial charge in [-0.05, 0) is 24.3 Å². The van der Waals surface area contributed by atoms with Crippen molar-refractivity contribution in [2.75, 3.05) is 6.61 Å². The third-order valence-corrected chi connectivity index (χ3v) is 2.94. The molecule has 0 aliphatic heterocycles. The van der Waals surface area contributed by atoms with Gasteiger partial charge in [-0.15, -0.1) is 0 Å². The van der Waals surface area contributed by atoms with E-state index in [2.05, 4.69) is 6.07 Å². The smallest absolute Gasteiger partial charge is 0.323 e. The van der Waals surface area contributed by atoms with Crippen molar-refractivity contribution in [3.05, 3.63) is 35.9 Å². The molecule has 0 unspecified atom stereocenters. The van der Waals surface area contributed by atoms with Gasteiger partial charge >= 0.3 is 5.97 Å². The Hall–Kier alpha value is -1.82. The highest BCUT2D eigenvalue weighted by Gasteiger charge is 2.36. The summed E-state index contributed by atoms with van der Waals surface area (Å²) in [6.45, 7) is 5.89. The molecule has 1 rings (SSSR count). The summed E-state index contributed by atoms with van der Waals surface area (Å²) >= 11 is 0. The summed E-state index contributed by atoms with van der Waals surface area (Å²) in [5, 5.41) is 9.19. The first kappa shape index (κ1) is 14.2. The standard InChI is InChI=1S/C15H19NO2/c1-4-18-14(17)13(11-16)15(2,3)10-12-8-6-5-7-9-12/h5-9,13H,4,10H2,1-3H3/t13-/m0/s1. The minimum absolute atomic E-state index is 0.304. The van der Waals surface area contributed by atoms with Crippen molar-refractivity contribution in [3.8, 4) is 6.07 Å². The van der Waals surface area contributed by atoms with Gasteiger partial charge in [0.25, 0.3) is 0 Å². The molecule has 3 heteroatoms. The maximum absolute atomic E-state index is 11.8. The van der Waals surface area contributed by atoms with E-state index >= 15 is 0 Å². The van der Waals surface area contributed by atoms with Crippen LogP contribution in [0.3, 0.4) is 0 Å². The second-order valence-electron chi connectivity index (χ2n) is 4.97. The fourth-order valence-corrected chi connectivity index (χ4v) is 2.00. The first-order valence-corrected chi connectivity index (χ1v) is 6.11. The number of benzene rings is 1. The highest BCUT2D eigenvalue weighted by atomic mass is 16.5. The van der Waals surface area contributed by atoms with Crippen molar-refractivity contribution >= 4 is 5.97 Å². The van der Waals surface area contributed by atoms with Gasteiger partial charge in [-0.25, -0.2) is 0 Å². The zero-order valence-electron chi connectivity index (χ0n) is 11.1. The fraction of sp³-hybridized carbons (Fsp3) is 0.467. The molecule has 0 N–H and O–H groups in total. The molecule has 18 heavy (non-hydrogen) atoms. The van der Waals surface area contributed by atoms with Gasteiger partial charge in [-0.3, -0.25) is 4.79 Å². The van der Waals surface area contributed by atoms with Crippen LogP contribution in [-0.4, -0.2) is 12.6 Å². The Morgan fingerprint density at radius 1 is 1.39 bits per heavy atom. The number of carbonyl (C=O) groups excluding carboxylic acids is 1. The maximum Gasteiger partial charge on any atom is 0.323 e. The van der Waals surface area contributed by atoms with Crippen LogP contribution in [0.2, 0.25) is 0 Å². The summed E-state index contributed by atoms with van der Waals surface area (Å²) in [7, 11) is 0. The maximum atomic E-state index is 11.8. The molecule has 1 atom stereocenters. The summed E-state index contributed by atoms with van der Waals surface area (Å²) < 4.78 is 4.96. The van der Waals surface area contributed by atoms with E-state index in [-0.39, 0.29) is 0 Å². The van der Waals surface area contributed by atoms with Crippen molar-refractivity contribution in [2.24, 2.45) is 11.3 Å². The molecule has 0 aromatic heterocycles. The molecule has 1 aromatic carbocycles. The molecule has 96 valence electrons. The number of hydrogen-bond acceptors (Lipinski definition) is 3. The zero-order chi connectivity index (χ0) is 13.6. The van der Waals surface area contributed by atoms with Crippen LogP contribution in [0.4, 0.5) is 0 Å². The average molecular weight is 245 g/mol. The summed E-state index contributed by atoms with van der Waals surface area (Å²) in [6, 6.07) is 11.9. The molecular weight excluding hydrogens is 226 g/mol. The van der Waals surface area contributed by atoms with Crippen molar-refractivity contribution in [1.29, 1.82) is 5.26 Å². The van der Waals surface area contributed by atoms with Crippen LogP contribution in [0.15, 0.2) is 30.3 Å². The van der Waals surface area contributed by atoms with Gasteiger partial charge in [0.1, 0.15) is 5.92 Å². The van der Waals surface area contributed by atoms with Crippen LogP contribution in [0.25, 0.3) is 0 Å². The molecule has 0 saturated carbocycles. The zero-order valence-corrected chi connectivity index (χ0v) is 11.1. The van der Waals surface area contributed by atoms with Gasteiger partial charge in [0.2, 0.25) is 0 Å². The number of hydrogen-bond donors (Lipinski definition) is 0. The third kappa shape index (κ3) is 3.59.